The van der Waals surface area contributed by atoms with Gasteiger partial charge >= 0.3 is 0 Å². The van der Waals surface area contributed by atoms with Crippen LogP contribution in [0.5, 0.6) is 11.5 Å². The maximum Gasteiger partial charge on any atom is 0.227 e. The number of rotatable bonds is 5. The van der Waals surface area contributed by atoms with Crippen LogP contribution in [-0.4, -0.2) is 38.2 Å². The number of anilines is 2. The highest BCUT2D eigenvalue weighted by Gasteiger charge is 2.26. The van der Waals surface area contributed by atoms with Gasteiger partial charge in [-0.2, -0.15) is 5.26 Å². The summed E-state index contributed by atoms with van der Waals surface area (Å²) in [5.74, 6) is 1.61. The van der Waals surface area contributed by atoms with Crippen molar-refractivity contribution in [2.75, 3.05) is 37.5 Å². The van der Waals surface area contributed by atoms with Crippen molar-refractivity contribution in [2.24, 2.45) is 5.92 Å². The van der Waals surface area contributed by atoms with Crippen LogP contribution < -0.4 is 19.7 Å². The van der Waals surface area contributed by atoms with Crippen molar-refractivity contribution in [3.8, 4) is 17.6 Å². The molecule has 3 rings (SSSR count). The second-order valence-electron chi connectivity index (χ2n) is 6.45. The highest BCUT2D eigenvalue weighted by molar-refractivity contribution is 6.32. The number of carbonyl (C=O) groups excluding carboxylic acids is 1. The number of piperidine rings is 1. The molecule has 0 unspecified atom stereocenters. The average Bonchev–Trinajstić information content (AvgIpc) is 2.74. The van der Waals surface area contributed by atoms with Crippen LogP contribution >= 0.6 is 11.6 Å². The fraction of sp³-hybridized carbons (Fsp3) is 0.350. The van der Waals surface area contributed by atoms with E-state index in [0.29, 0.717) is 40.6 Å². The van der Waals surface area contributed by atoms with Crippen molar-refractivity contribution in [1.29, 1.82) is 5.26 Å². The Kier molecular flexibility index (Phi) is 6.22. The number of amides is 1. The number of carbonyl (C=O) groups is 1. The van der Waals surface area contributed by atoms with Crippen molar-refractivity contribution in [2.45, 2.75) is 12.8 Å². The minimum absolute atomic E-state index is 0.0601. The minimum atomic E-state index is -0.110. The topological polar surface area (TPSA) is 87.5 Å². The normalized spacial score (nSPS) is 14.3. The lowest BCUT2D eigenvalue weighted by Crippen LogP contribution is -2.38. The number of halogens is 1. The molecule has 146 valence electrons. The first-order chi connectivity index (χ1) is 13.5. The first-order valence-corrected chi connectivity index (χ1v) is 9.27. The van der Waals surface area contributed by atoms with Crippen LogP contribution in [0, 0.1) is 17.2 Å². The quantitative estimate of drug-likeness (QED) is 0.826. The summed E-state index contributed by atoms with van der Waals surface area (Å²) in [5.41, 5.74) is 1.07. The van der Waals surface area contributed by atoms with E-state index in [0.717, 1.165) is 18.9 Å². The maximum absolute atomic E-state index is 12.7. The van der Waals surface area contributed by atoms with E-state index in [1.54, 1.807) is 24.4 Å². The molecule has 1 N–H and O–H groups in total. The van der Waals surface area contributed by atoms with E-state index in [-0.39, 0.29) is 11.8 Å². The molecule has 0 radical (unpaired) electrons. The molecule has 0 spiro atoms. The largest absolute Gasteiger partial charge is 0.495 e. The zero-order valence-electron chi connectivity index (χ0n) is 15.7. The Morgan fingerprint density at radius 3 is 2.54 bits per heavy atom. The Morgan fingerprint density at radius 1 is 1.25 bits per heavy atom. The Labute approximate surface area is 168 Å². The number of ether oxygens (including phenoxy) is 2. The number of nitrogens with one attached hydrogen (secondary N) is 1. The van der Waals surface area contributed by atoms with E-state index in [1.165, 1.54) is 14.2 Å². The van der Waals surface area contributed by atoms with Gasteiger partial charge < -0.3 is 19.7 Å². The van der Waals surface area contributed by atoms with E-state index in [9.17, 15) is 4.79 Å². The molecule has 1 aliphatic rings. The summed E-state index contributed by atoms with van der Waals surface area (Å²) in [6.07, 6.45) is 2.98. The zero-order valence-corrected chi connectivity index (χ0v) is 16.5. The molecule has 1 aliphatic heterocycles. The second kappa shape index (κ2) is 8.81. The number of methoxy groups -OCH3 is 2. The van der Waals surface area contributed by atoms with Crippen LogP contribution in [0.1, 0.15) is 18.4 Å². The predicted octanol–water partition coefficient (Wildman–Crippen LogP) is 3.48. The number of hydrogen-bond donors (Lipinski definition) is 1. The molecular formula is C20H21ClN4O3. The Morgan fingerprint density at radius 2 is 1.96 bits per heavy atom. The summed E-state index contributed by atoms with van der Waals surface area (Å²) in [7, 11) is 3.04. The number of hydrogen-bond acceptors (Lipinski definition) is 6. The summed E-state index contributed by atoms with van der Waals surface area (Å²) in [6.45, 7) is 1.44. The molecule has 0 aliphatic carbocycles. The predicted molar refractivity (Wildman–Crippen MR) is 107 cm³/mol. The summed E-state index contributed by atoms with van der Waals surface area (Å²) in [4.78, 5) is 19.2. The molecule has 8 heteroatoms. The summed E-state index contributed by atoms with van der Waals surface area (Å²) < 4.78 is 10.5. The van der Waals surface area contributed by atoms with Gasteiger partial charge in [-0.1, -0.05) is 11.6 Å². The van der Waals surface area contributed by atoms with Gasteiger partial charge in [0, 0.05) is 37.3 Å². The average molecular weight is 401 g/mol. The number of nitriles is 1. The van der Waals surface area contributed by atoms with Gasteiger partial charge in [0.25, 0.3) is 0 Å². The molecule has 2 aromatic rings. The molecule has 0 saturated carbocycles. The molecular weight excluding hydrogens is 380 g/mol. The van der Waals surface area contributed by atoms with Gasteiger partial charge in [-0.15, -0.1) is 0 Å². The number of nitrogens with zero attached hydrogens (tertiary/aromatic N) is 3. The van der Waals surface area contributed by atoms with Crippen LogP contribution in [0.4, 0.5) is 11.5 Å². The molecule has 0 atom stereocenters. The number of benzene rings is 1. The Bertz CT molecular complexity index is 888. The summed E-state index contributed by atoms with van der Waals surface area (Å²) in [5, 5.41) is 12.2. The fourth-order valence-corrected chi connectivity index (χ4v) is 3.43. The lowest BCUT2D eigenvalue weighted by atomic mass is 9.95. The third-order valence-electron chi connectivity index (χ3n) is 4.80. The number of aromatic nitrogens is 1. The molecule has 1 aromatic heterocycles. The molecule has 7 nitrogen and oxygen atoms in total. The number of pyridine rings is 1. The van der Waals surface area contributed by atoms with E-state index >= 15 is 0 Å². The van der Waals surface area contributed by atoms with Gasteiger partial charge in [-0.3, -0.25) is 4.79 Å². The van der Waals surface area contributed by atoms with Gasteiger partial charge in [0.2, 0.25) is 5.91 Å². The van der Waals surface area contributed by atoms with Crippen molar-refractivity contribution < 1.29 is 14.3 Å². The van der Waals surface area contributed by atoms with Crippen LogP contribution in [0.15, 0.2) is 30.5 Å². The molecule has 1 aromatic carbocycles. The molecule has 28 heavy (non-hydrogen) atoms. The van der Waals surface area contributed by atoms with Crippen LogP contribution in [0.2, 0.25) is 5.02 Å². The SMILES string of the molecule is COc1cc(NC(=O)C2CCN(c3ccc(C#N)cn3)CC2)c(OC)cc1Cl. The maximum atomic E-state index is 12.7. The van der Waals surface area contributed by atoms with E-state index < -0.39 is 0 Å². The van der Waals surface area contributed by atoms with Crippen molar-refractivity contribution in [1.82, 2.24) is 4.98 Å². The molecule has 0 bridgehead atoms. The van der Waals surface area contributed by atoms with Gasteiger partial charge in [0.05, 0.1) is 30.5 Å². The van der Waals surface area contributed by atoms with Crippen molar-refractivity contribution in [3.05, 3.63) is 41.0 Å². The second-order valence-corrected chi connectivity index (χ2v) is 6.86. The molecule has 1 saturated heterocycles. The smallest absolute Gasteiger partial charge is 0.227 e. The molecule has 1 amide bonds. The van der Waals surface area contributed by atoms with Crippen LogP contribution in [0.25, 0.3) is 0 Å². The lowest BCUT2D eigenvalue weighted by molar-refractivity contribution is -0.120. The fourth-order valence-electron chi connectivity index (χ4n) is 3.20. The third-order valence-corrected chi connectivity index (χ3v) is 5.09. The monoisotopic (exact) mass is 400 g/mol. The van der Waals surface area contributed by atoms with Gasteiger partial charge in [0.1, 0.15) is 23.4 Å². The van der Waals surface area contributed by atoms with Crippen molar-refractivity contribution >= 4 is 29.0 Å². The van der Waals surface area contributed by atoms with Gasteiger partial charge in [-0.05, 0) is 25.0 Å². The van der Waals surface area contributed by atoms with E-state index in [4.69, 9.17) is 26.3 Å². The standard InChI is InChI=1S/C20H21ClN4O3/c1-27-17-10-16(18(28-2)9-15(17)21)24-20(26)14-5-7-25(8-6-14)19-4-3-13(11-22)12-23-19/h3-4,9-10,12,14H,5-8H2,1-2H3,(H,24,26). The third kappa shape index (κ3) is 4.29. The molecule has 2 heterocycles. The lowest BCUT2D eigenvalue weighted by Gasteiger charge is -2.32. The van der Waals surface area contributed by atoms with E-state index in [1.807, 2.05) is 6.07 Å². The van der Waals surface area contributed by atoms with E-state index in [2.05, 4.69) is 21.3 Å². The summed E-state index contributed by atoms with van der Waals surface area (Å²) >= 11 is 6.11. The highest BCUT2D eigenvalue weighted by atomic mass is 35.5. The molecule has 1 fully saturated rings. The van der Waals surface area contributed by atoms with Gasteiger partial charge in [-0.25, -0.2) is 4.98 Å². The highest BCUT2D eigenvalue weighted by Crippen LogP contribution is 2.36. The van der Waals surface area contributed by atoms with Crippen LogP contribution in [-0.2, 0) is 4.79 Å². The first-order valence-electron chi connectivity index (χ1n) is 8.89. The summed E-state index contributed by atoms with van der Waals surface area (Å²) in [6, 6.07) is 8.93. The Balaban J connectivity index is 1.63. The zero-order chi connectivity index (χ0) is 20.1. The first kappa shape index (κ1) is 19.8. The van der Waals surface area contributed by atoms with Crippen LogP contribution in [0.3, 0.4) is 0 Å². The van der Waals surface area contributed by atoms with Gasteiger partial charge in [0.15, 0.2) is 0 Å². The van der Waals surface area contributed by atoms with Crippen molar-refractivity contribution in [3.63, 3.8) is 0 Å². The Hall–Kier alpha value is -2.98. The minimum Gasteiger partial charge on any atom is -0.495 e.